The van der Waals surface area contributed by atoms with Crippen molar-refractivity contribution in [3.05, 3.63) is 85.1 Å². The average molecular weight is 821 g/mol. The van der Waals surface area contributed by atoms with Gasteiger partial charge in [-0.15, -0.1) is 0 Å². The Balaban J connectivity index is 4.45. The molecule has 6 heteroatoms. The molecule has 6 nitrogen and oxygen atoms in total. The third kappa shape index (κ3) is 45.5. The van der Waals surface area contributed by atoms with Crippen LogP contribution in [0, 0.1) is 0 Å². The number of carbonyl (C=O) groups excluding carboxylic acids is 3. The van der Waals surface area contributed by atoms with Gasteiger partial charge in [0.15, 0.2) is 6.10 Å². The molecule has 0 saturated carbocycles. The molecular weight excluding hydrogens is 733 g/mol. The van der Waals surface area contributed by atoms with Gasteiger partial charge in [-0.2, -0.15) is 0 Å². The lowest BCUT2D eigenvalue weighted by Crippen LogP contribution is -2.30. The van der Waals surface area contributed by atoms with Gasteiger partial charge in [-0.25, -0.2) is 0 Å². The van der Waals surface area contributed by atoms with E-state index in [9.17, 15) is 14.4 Å². The van der Waals surface area contributed by atoms with Crippen LogP contribution in [0.5, 0.6) is 0 Å². The van der Waals surface area contributed by atoms with Gasteiger partial charge in [-0.05, 0) is 83.5 Å². The Morgan fingerprint density at radius 1 is 0.356 bits per heavy atom. The van der Waals surface area contributed by atoms with Crippen LogP contribution in [0.2, 0.25) is 0 Å². The zero-order valence-electron chi connectivity index (χ0n) is 38.2. The summed E-state index contributed by atoms with van der Waals surface area (Å²) in [5.41, 5.74) is 0. The van der Waals surface area contributed by atoms with Crippen molar-refractivity contribution in [1.29, 1.82) is 0 Å². The molecule has 0 aromatic carbocycles. The van der Waals surface area contributed by atoms with Crippen LogP contribution in [0.15, 0.2) is 85.1 Å². The molecule has 0 heterocycles. The van der Waals surface area contributed by atoms with E-state index in [1.807, 2.05) is 36.5 Å². The first kappa shape index (κ1) is 55.6. The van der Waals surface area contributed by atoms with Crippen molar-refractivity contribution in [3.63, 3.8) is 0 Å². The highest BCUT2D eigenvalue weighted by Crippen LogP contribution is 2.13. The Morgan fingerprint density at radius 3 is 1.17 bits per heavy atom. The van der Waals surface area contributed by atoms with E-state index in [2.05, 4.69) is 69.4 Å². The summed E-state index contributed by atoms with van der Waals surface area (Å²) in [5.74, 6) is -0.983. The van der Waals surface area contributed by atoms with Gasteiger partial charge in [-0.3, -0.25) is 14.4 Å². The first-order valence-corrected chi connectivity index (χ1v) is 24.2. The number of hydrogen-bond acceptors (Lipinski definition) is 6. The minimum Gasteiger partial charge on any atom is -0.462 e. The number of rotatable bonds is 42. The van der Waals surface area contributed by atoms with E-state index in [-0.39, 0.29) is 37.5 Å². The summed E-state index contributed by atoms with van der Waals surface area (Å²) in [7, 11) is 0. The maximum atomic E-state index is 12.7. The zero-order chi connectivity index (χ0) is 43.0. The molecule has 0 radical (unpaired) electrons. The van der Waals surface area contributed by atoms with E-state index in [4.69, 9.17) is 14.2 Å². The SMILES string of the molecule is CC\C=C/C=C\C=C/C=C\CCCCCC(=O)OC(COC(=O)CCCCC/C=C\C=C/CCCC)COC(=O)CCCCCCCCC/C=C\CCCCCCCC. The highest BCUT2D eigenvalue weighted by atomic mass is 16.6. The van der Waals surface area contributed by atoms with Gasteiger partial charge in [0.1, 0.15) is 13.2 Å². The van der Waals surface area contributed by atoms with E-state index in [0.29, 0.717) is 19.3 Å². The molecule has 336 valence electrons. The molecule has 0 spiro atoms. The second-order valence-corrected chi connectivity index (χ2v) is 15.8. The van der Waals surface area contributed by atoms with E-state index < -0.39 is 6.10 Å². The molecule has 0 aliphatic carbocycles. The van der Waals surface area contributed by atoms with Crippen molar-refractivity contribution in [1.82, 2.24) is 0 Å². The van der Waals surface area contributed by atoms with Gasteiger partial charge in [0, 0.05) is 19.3 Å². The summed E-state index contributed by atoms with van der Waals surface area (Å²) >= 11 is 0. The molecular formula is C53H88O6. The predicted octanol–water partition coefficient (Wildman–Crippen LogP) is 15.6. The smallest absolute Gasteiger partial charge is 0.306 e. The minimum absolute atomic E-state index is 0.104. The molecule has 0 bridgehead atoms. The highest BCUT2D eigenvalue weighted by molar-refractivity contribution is 5.71. The van der Waals surface area contributed by atoms with Crippen LogP contribution >= 0.6 is 0 Å². The predicted molar refractivity (Wildman–Crippen MR) is 251 cm³/mol. The van der Waals surface area contributed by atoms with Crippen LogP contribution in [0.1, 0.15) is 213 Å². The maximum absolute atomic E-state index is 12.7. The normalized spacial score (nSPS) is 12.8. The van der Waals surface area contributed by atoms with Crippen molar-refractivity contribution in [2.24, 2.45) is 0 Å². The van der Waals surface area contributed by atoms with E-state index in [0.717, 1.165) is 77.0 Å². The molecule has 0 aliphatic heterocycles. The zero-order valence-corrected chi connectivity index (χ0v) is 38.2. The first-order valence-electron chi connectivity index (χ1n) is 24.2. The number of esters is 3. The monoisotopic (exact) mass is 821 g/mol. The third-order valence-corrected chi connectivity index (χ3v) is 9.98. The Hall–Kier alpha value is -3.41. The summed E-state index contributed by atoms with van der Waals surface area (Å²) in [5, 5.41) is 0. The average Bonchev–Trinajstić information content (AvgIpc) is 3.23. The number of ether oxygens (including phenoxy) is 3. The molecule has 1 unspecified atom stereocenters. The van der Waals surface area contributed by atoms with E-state index in [1.54, 1.807) is 0 Å². The van der Waals surface area contributed by atoms with E-state index >= 15 is 0 Å². The number of allylic oxidation sites excluding steroid dienone is 14. The van der Waals surface area contributed by atoms with Crippen LogP contribution in [0.4, 0.5) is 0 Å². The van der Waals surface area contributed by atoms with Crippen molar-refractivity contribution in [3.8, 4) is 0 Å². The lowest BCUT2D eigenvalue weighted by atomic mass is 10.1. The lowest BCUT2D eigenvalue weighted by molar-refractivity contribution is -0.167. The molecule has 0 rings (SSSR count). The van der Waals surface area contributed by atoms with Crippen LogP contribution < -0.4 is 0 Å². The summed E-state index contributed by atoms with van der Waals surface area (Å²) in [6.45, 7) is 6.36. The van der Waals surface area contributed by atoms with Crippen LogP contribution in [0.3, 0.4) is 0 Å². The number of hydrogen-bond donors (Lipinski definition) is 0. The molecule has 0 aromatic rings. The Labute approximate surface area is 363 Å². The molecule has 0 fully saturated rings. The topological polar surface area (TPSA) is 78.9 Å². The van der Waals surface area contributed by atoms with Gasteiger partial charge < -0.3 is 14.2 Å². The fraction of sp³-hybridized carbons (Fsp3) is 0.679. The van der Waals surface area contributed by atoms with Crippen LogP contribution in [0.25, 0.3) is 0 Å². The summed E-state index contributed by atoms with van der Waals surface area (Å²) in [4.78, 5) is 37.8. The van der Waals surface area contributed by atoms with Crippen molar-refractivity contribution >= 4 is 17.9 Å². The Bertz CT molecular complexity index is 1170. The fourth-order valence-electron chi connectivity index (χ4n) is 6.30. The summed E-state index contributed by atoms with van der Waals surface area (Å²) in [6, 6.07) is 0. The summed E-state index contributed by atoms with van der Waals surface area (Å²) < 4.78 is 16.7. The number of carbonyl (C=O) groups is 3. The van der Waals surface area contributed by atoms with Gasteiger partial charge in [0.2, 0.25) is 0 Å². The van der Waals surface area contributed by atoms with Gasteiger partial charge in [0.25, 0.3) is 0 Å². The van der Waals surface area contributed by atoms with Crippen molar-refractivity contribution in [2.45, 2.75) is 219 Å². The van der Waals surface area contributed by atoms with Gasteiger partial charge in [0.05, 0.1) is 0 Å². The lowest BCUT2D eigenvalue weighted by Gasteiger charge is -2.18. The van der Waals surface area contributed by atoms with Gasteiger partial charge >= 0.3 is 17.9 Å². The standard InChI is InChI=1S/C53H88O6/c1-4-7-10-13-16-19-22-24-25-26-27-29-31-34-37-40-43-46-52(55)58-49-50(48-57-51(54)45-42-39-36-33-30-21-18-15-12-9-6-3)59-53(56)47-44-41-38-35-32-28-23-20-17-14-11-8-5-2/h8,11,14-15,17-18,20-21,23-25,28,30,32,50H,4-7,9-10,12-13,16,19,22,26-27,29,31,33-49H2,1-3H3/b11-8-,17-14-,18-15-,23-20-,25-24-,30-21-,32-28-. The van der Waals surface area contributed by atoms with Crippen molar-refractivity contribution in [2.75, 3.05) is 13.2 Å². The molecule has 0 amide bonds. The molecule has 0 aliphatic rings. The largest absolute Gasteiger partial charge is 0.462 e. The van der Waals surface area contributed by atoms with Crippen LogP contribution in [-0.4, -0.2) is 37.2 Å². The Morgan fingerprint density at radius 2 is 0.695 bits per heavy atom. The molecule has 0 N–H and O–H groups in total. The first-order chi connectivity index (χ1) is 29.0. The molecule has 1 atom stereocenters. The summed E-state index contributed by atoms with van der Waals surface area (Å²) in [6.07, 6.45) is 60.0. The van der Waals surface area contributed by atoms with Crippen LogP contribution in [-0.2, 0) is 28.6 Å². The second-order valence-electron chi connectivity index (χ2n) is 15.8. The third-order valence-electron chi connectivity index (χ3n) is 9.98. The van der Waals surface area contributed by atoms with Gasteiger partial charge in [-0.1, -0.05) is 196 Å². The fourth-order valence-corrected chi connectivity index (χ4v) is 6.30. The quantitative estimate of drug-likeness (QED) is 0.0201. The minimum atomic E-state index is -0.808. The number of unbranched alkanes of at least 4 members (excludes halogenated alkanes) is 21. The molecule has 0 saturated heterocycles. The van der Waals surface area contributed by atoms with E-state index in [1.165, 1.54) is 89.9 Å². The second kappa shape index (κ2) is 47.3. The maximum Gasteiger partial charge on any atom is 0.306 e. The molecule has 0 aromatic heterocycles. The highest BCUT2D eigenvalue weighted by Gasteiger charge is 2.19. The Kier molecular flexibility index (Phi) is 44.5. The molecule has 59 heavy (non-hydrogen) atoms. The van der Waals surface area contributed by atoms with Crippen molar-refractivity contribution < 1.29 is 28.6 Å².